The SMILES string of the molecule is CC(C)(N=Cc1ccccc1O)C(=O)[O-].CC(C)(N=Cc1ccccc1O)C(=O)[O-].[Na+].[Na+]. The maximum Gasteiger partial charge on any atom is 1.00 e. The Balaban J connectivity index is 0. The van der Waals surface area contributed by atoms with Crippen molar-refractivity contribution in [3.63, 3.8) is 0 Å². The fraction of sp³-hybridized carbons (Fsp3) is 0.273. The summed E-state index contributed by atoms with van der Waals surface area (Å²) in [6.07, 6.45) is 2.65. The van der Waals surface area contributed by atoms with Crippen LogP contribution in [0.3, 0.4) is 0 Å². The molecule has 0 bridgehead atoms. The molecule has 0 amide bonds. The molecule has 160 valence electrons. The van der Waals surface area contributed by atoms with Gasteiger partial charge in [-0.05, 0) is 52.0 Å². The molecule has 2 aromatic rings. The summed E-state index contributed by atoms with van der Waals surface area (Å²) in [6, 6.07) is 13.1. The summed E-state index contributed by atoms with van der Waals surface area (Å²) in [4.78, 5) is 29.0. The number of aromatic hydroxyl groups is 2. The van der Waals surface area contributed by atoms with Crippen molar-refractivity contribution in [3.05, 3.63) is 59.7 Å². The fourth-order valence-electron chi connectivity index (χ4n) is 1.76. The Kier molecular flexibility index (Phi) is 14.7. The number of rotatable bonds is 6. The number of carbonyl (C=O) groups excluding carboxylic acids is 2. The second-order valence-corrected chi connectivity index (χ2v) is 7.33. The first-order valence-electron chi connectivity index (χ1n) is 8.96. The minimum Gasteiger partial charge on any atom is -0.548 e. The van der Waals surface area contributed by atoms with Crippen molar-refractivity contribution < 1.29 is 89.1 Å². The van der Waals surface area contributed by atoms with Gasteiger partial charge in [-0.15, -0.1) is 0 Å². The predicted octanol–water partition coefficient (Wildman–Crippen LogP) is -5.31. The van der Waals surface area contributed by atoms with Crippen molar-refractivity contribution in [2.75, 3.05) is 0 Å². The van der Waals surface area contributed by atoms with E-state index in [9.17, 15) is 30.0 Å². The average Bonchev–Trinajstić information content (AvgIpc) is 2.67. The summed E-state index contributed by atoms with van der Waals surface area (Å²) in [5, 5.41) is 40.1. The topological polar surface area (TPSA) is 145 Å². The number of phenols is 2. The molecule has 0 heterocycles. The monoisotopic (exact) mass is 458 g/mol. The molecule has 0 aliphatic rings. The summed E-state index contributed by atoms with van der Waals surface area (Å²) in [5.41, 5.74) is -1.62. The van der Waals surface area contributed by atoms with E-state index in [1.807, 2.05) is 0 Å². The second kappa shape index (κ2) is 14.5. The number of phenolic OH excluding ortho intramolecular Hbond substituents is 2. The first kappa shape index (κ1) is 32.5. The Morgan fingerprint density at radius 1 is 0.719 bits per heavy atom. The molecule has 0 saturated carbocycles. The fourth-order valence-corrected chi connectivity index (χ4v) is 1.76. The minimum atomic E-state index is -1.29. The summed E-state index contributed by atoms with van der Waals surface area (Å²) in [5.74, 6) is -2.38. The van der Waals surface area contributed by atoms with Gasteiger partial charge in [-0.3, -0.25) is 9.98 Å². The summed E-state index contributed by atoms with van der Waals surface area (Å²) >= 11 is 0. The van der Waals surface area contributed by atoms with Gasteiger partial charge in [-0.2, -0.15) is 0 Å². The average molecular weight is 458 g/mol. The number of aliphatic imine (C=N–C) groups is 2. The van der Waals surface area contributed by atoms with Gasteiger partial charge in [0.05, 0.1) is 23.0 Å². The number of carboxylic acid groups (broad SMARTS) is 2. The molecule has 0 saturated heterocycles. The van der Waals surface area contributed by atoms with Gasteiger partial charge in [0.2, 0.25) is 0 Å². The van der Waals surface area contributed by atoms with Crippen molar-refractivity contribution in [3.8, 4) is 11.5 Å². The van der Waals surface area contributed by atoms with Crippen LogP contribution < -0.4 is 69.3 Å². The van der Waals surface area contributed by atoms with Gasteiger partial charge in [-0.25, -0.2) is 0 Å². The smallest absolute Gasteiger partial charge is 0.548 e. The molecule has 10 heteroatoms. The maximum absolute atomic E-state index is 10.6. The van der Waals surface area contributed by atoms with Crippen LogP contribution in [0, 0.1) is 0 Å². The summed E-state index contributed by atoms with van der Waals surface area (Å²) in [6.45, 7) is 5.72. The van der Waals surface area contributed by atoms with Gasteiger partial charge in [0.1, 0.15) is 11.5 Å². The molecule has 2 aromatic carbocycles. The number of aliphatic carboxylic acids is 2. The third kappa shape index (κ3) is 10.8. The molecule has 2 N–H and O–H groups in total. The van der Waals surface area contributed by atoms with E-state index in [2.05, 4.69) is 9.98 Å². The number of carboxylic acids is 2. The number of hydrogen-bond donors (Lipinski definition) is 2. The number of para-hydroxylation sites is 2. The zero-order chi connectivity index (χ0) is 22.9. The van der Waals surface area contributed by atoms with Gasteiger partial charge in [-0.1, -0.05) is 24.3 Å². The van der Waals surface area contributed by atoms with E-state index in [0.717, 1.165) is 0 Å². The molecule has 0 atom stereocenters. The van der Waals surface area contributed by atoms with E-state index in [1.54, 1.807) is 36.4 Å². The number of benzene rings is 2. The van der Waals surface area contributed by atoms with Gasteiger partial charge in [0.15, 0.2) is 0 Å². The van der Waals surface area contributed by atoms with E-state index in [1.165, 1.54) is 52.3 Å². The van der Waals surface area contributed by atoms with Crippen molar-refractivity contribution in [1.82, 2.24) is 0 Å². The first-order chi connectivity index (χ1) is 13.9. The van der Waals surface area contributed by atoms with Crippen LogP contribution in [0.2, 0.25) is 0 Å². The van der Waals surface area contributed by atoms with E-state index in [0.29, 0.717) is 11.1 Å². The molecule has 0 aliphatic carbocycles. The molecular weight excluding hydrogens is 434 g/mol. The molecule has 0 spiro atoms. The van der Waals surface area contributed by atoms with E-state index in [-0.39, 0.29) is 70.6 Å². The summed E-state index contributed by atoms with van der Waals surface area (Å²) in [7, 11) is 0. The van der Waals surface area contributed by atoms with Gasteiger partial charge in [0, 0.05) is 23.6 Å². The van der Waals surface area contributed by atoms with Crippen molar-refractivity contribution in [2.45, 2.75) is 38.8 Å². The van der Waals surface area contributed by atoms with Crippen LogP contribution >= 0.6 is 0 Å². The molecule has 0 fully saturated rings. The first-order valence-corrected chi connectivity index (χ1v) is 8.96. The zero-order valence-electron chi connectivity index (χ0n) is 19.2. The van der Waals surface area contributed by atoms with E-state index < -0.39 is 23.0 Å². The second-order valence-electron chi connectivity index (χ2n) is 7.33. The van der Waals surface area contributed by atoms with Crippen LogP contribution in [-0.4, -0.2) is 45.7 Å². The van der Waals surface area contributed by atoms with Gasteiger partial charge in [0.25, 0.3) is 0 Å². The molecule has 2 rings (SSSR count). The van der Waals surface area contributed by atoms with Crippen molar-refractivity contribution in [2.24, 2.45) is 9.98 Å². The number of nitrogens with zero attached hydrogens (tertiary/aromatic N) is 2. The zero-order valence-corrected chi connectivity index (χ0v) is 23.2. The van der Waals surface area contributed by atoms with Crippen LogP contribution in [0.5, 0.6) is 11.5 Å². The maximum atomic E-state index is 10.6. The van der Waals surface area contributed by atoms with Crippen LogP contribution in [0.4, 0.5) is 0 Å². The quantitative estimate of drug-likeness (QED) is 0.327. The predicted molar refractivity (Wildman–Crippen MR) is 110 cm³/mol. The van der Waals surface area contributed by atoms with Crippen molar-refractivity contribution >= 4 is 24.4 Å². The Labute approximate surface area is 231 Å². The van der Waals surface area contributed by atoms with E-state index >= 15 is 0 Å². The molecule has 0 aliphatic heterocycles. The van der Waals surface area contributed by atoms with Gasteiger partial charge < -0.3 is 30.0 Å². The molecule has 32 heavy (non-hydrogen) atoms. The van der Waals surface area contributed by atoms with Crippen LogP contribution in [0.1, 0.15) is 38.8 Å². The minimum absolute atomic E-state index is 0. The Morgan fingerprint density at radius 3 is 1.25 bits per heavy atom. The number of carbonyl (C=O) groups is 2. The molecule has 0 unspecified atom stereocenters. The summed E-state index contributed by atoms with van der Waals surface area (Å²) < 4.78 is 0. The number of hydrogen-bond acceptors (Lipinski definition) is 8. The van der Waals surface area contributed by atoms with E-state index in [4.69, 9.17) is 0 Å². The Hall–Kier alpha value is -1.68. The van der Waals surface area contributed by atoms with Crippen LogP contribution in [0.25, 0.3) is 0 Å². The van der Waals surface area contributed by atoms with Crippen LogP contribution in [-0.2, 0) is 9.59 Å². The van der Waals surface area contributed by atoms with Crippen LogP contribution in [0.15, 0.2) is 58.5 Å². The third-order valence-electron chi connectivity index (χ3n) is 3.93. The molecule has 8 nitrogen and oxygen atoms in total. The normalized spacial score (nSPS) is 11.1. The molecular formula is C22H24N2Na2O6. The van der Waals surface area contributed by atoms with Gasteiger partial charge >= 0.3 is 59.1 Å². The standard InChI is InChI=1S/2C11H13NO3.2Na/c2*1-11(2,10(14)15)12-7-8-5-3-4-6-9(8)13;;/h2*3-7,13H,1-2H3,(H,14,15);;/q;;2*+1/p-2. The Bertz CT molecular complexity index is 881. The third-order valence-corrected chi connectivity index (χ3v) is 3.93. The molecule has 0 aromatic heterocycles. The molecule has 0 radical (unpaired) electrons. The Morgan fingerprint density at radius 2 is 1.00 bits per heavy atom. The van der Waals surface area contributed by atoms with Crippen molar-refractivity contribution in [1.29, 1.82) is 0 Å². The largest absolute Gasteiger partial charge is 1.00 e.